The molecular weight excluding hydrogens is 238 g/mol. The third-order valence-electron chi connectivity index (χ3n) is 3.49. The van der Waals surface area contributed by atoms with Crippen LogP contribution in [0.2, 0.25) is 0 Å². The van der Waals surface area contributed by atoms with Crippen molar-refractivity contribution in [2.75, 3.05) is 37.6 Å². The Morgan fingerprint density at radius 1 is 1.16 bits per heavy atom. The highest BCUT2D eigenvalue weighted by molar-refractivity contribution is 5.74. The molecule has 0 unspecified atom stereocenters. The number of unbranched alkanes of at least 4 members (excludes halogenated alkanes) is 1. The van der Waals surface area contributed by atoms with E-state index in [4.69, 9.17) is 0 Å². The first-order valence-corrected chi connectivity index (χ1v) is 7.14. The van der Waals surface area contributed by atoms with E-state index >= 15 is 0 Å². The molecule has 1 aromatic carbocycles. The van der Waals surface area contributed by atoms with Gasteiger partial charge < -0.3 is 15.1 Å². The molecule has 0 saturated carbocycles. The summed E-state index contributed by atoms with van der Waals surface area (Å²) in [6.45, 7) is 6.33. The van der Waals surface area contributed by atoms with Gasteiger partial charge >= 0.3 is 6.03 Å². The van der Waals surface area contributed by atoms with Crippen molar-refractivity contribution in [3.05, 3.63) is 30.3 Å². The van der Waals surface area contributed by atoms with Crippen molar-refractivity contribution >= 4 is 11.7 Å². The van der Waals surface area contributed by atoms with E-state index in [1.54, 1.807) is 0 Å². The van der Waals surface area contributed by atoms with Gasteiger partial charge in [0.2, 0.25) is 0 Å². The summed E-state index contributed by atoms with van der Waals surface area (Å²) >= 11 is 0. The van der Waals surface area contributed by atoms with E-state index < -0.39 is 0 Å². The number of benzene rings is 1. The first kappa shape index (κ1) is 13.7. The number of hydrogen-bond acceptors (Lipinski definition) is 2. The standard InChI is InChI=1S/C15H23N3O/c1-2-3-9-16-15(19)18-12-10-17(11-13-18)14-7-5-4-6-8-14/h4-8H,2-3,9-13H2,1H3,(H,16,19). The number of nitrogens with one attached hydrogen (secondary N) is 1. The molecule has 2 amide bonds. The van der Waals surface area contributed by atoms with Crippen molar-refractivity contribution < 1.29 is 4.79 Å². The van der Waals surface area contributed by atoms with Crippen molar-refractivity contribution in [3.63, 3.8) is 0 Å². The molecule has 1 fully saturated rings. The lowest BCUT2D eigenvalue weighted by Crippen LogP contribution is -2.52. The van der Waals surface area contributed by atoms with Gasteiger partial charge in [0.25, 0.3) is 0 Å². The van der Waals surface area contributed by atoms with Gasteiger partial charge in [-0.3, -0.25) is 0 Å². The minimum atomic E-state index is 0.0844. The maximum atomic E-state index is 11.9. The van der Waals surface area contributed by atoms with Gasteiger partial charge in [-0.05, 0) is 18.6 Å². The second kappa shape index (κ2) is 7.02. The highest BCUT2D eigenvalue weighted by Crippen LogP contribution is 2.15. The number of nitrogens with zero attached hydrogens (tertiary/aromatic N) is 2. The number of rotatable bonds is 4. The Bertz CT molecular complexity index is 386. The van der Waals surface area contributed by atoms with Crippen LogP contribution in [0.15, 0.2) is 30.3 Å². The molecule has 0 bridgehead atoms. The number of urea groups is 1. The third kappa shape index (κ3) is 3.88. The minimum absolute atomic E-state index is 0.0844. The van der Waals surface area contributed by atoms with E-state index in [1.807, 2.05) is 11.0 Å². The Balaban J connectivity index is 1.77. The Kier molecular flexibility index (Phi) is 5.07. The molecular formula is C15H23N3O. The van der Waals surface area contributed by atoms with Crippen LogP contribution < -0.4 is 10.2 Å². The minimum Gasteiger partial charge on any atom is -0.368 e. The molecule has 19 heavy (non-hydrogen) atoms. The molecule has 0 radical (unpaired) electrons. The van der Waals surface area contributed by atoms with Gasteiger partial charge in [-0.25, -0.2) is 4.79 Å². The lowest BCUT2D eigenvalue weighted by Gasteiger charge is -2.36. The summed E-state index contributed by atoms with van der Waals surface area (Å²) in [4.78, 5) is 16.2. The van der Waals surface area contributed by atoms with Gasteiger partial charge in [0.15, 0.2) is 0 Å². The van der Waals surface area contributed by atoms with E-state index in [9.17, 15) is 4.79 Å². The summed E-state index contributed by atoms with van der Waals surface area (Å²) in [5.41, 5.74) is 1.24. The van der Waals surface area contributed by atoms with Gasteiger partial charge in [-0.15, -0.1) is 0 Å². The van der Waals surface area contributed by atoms with Gasteiger partial charge in [-0.1, -0.05) is 31.5 Å². The molecule has 1 aliphatic rings. The van der Waals surface area contributed by atoms with E-state index in [-0.39, 0.29) is 6.03 Å². The molecule has 104 valence electrons. The summed E-state index contributed by atoms with van der Waals surface area (Å²) in [5, 5.41) is 2.98. The average molecular weight is 261 g/mol. The zero-order valence-electron chi connectivity index (χ0n) is 11.6. The molecule has 0 aromatic heterocycles. The van der Waals surface area contributed by atoms with E-state index in [0.717, 1.165) is 45.6 Å². The summed E-state index contributed by atoms with van der Waals surface area (Å²) < 4.78 is 0. The van der Waals surface area contributed by atoms with Gasteiger partial charge in [0, 0.05) is 38.4 Å². The largest absolute Gasteiger partial charge is 0.368 e. The van der Waals surface area contributed by atoms with Gasteiger partial charge in [-0.2, -0.15) is 0 Å². The van der Waals surface area contributed by atoms with Crippen LogP contribution in [-0.2, 0) is 0 Å². The SMILES string of the molecule is CCCCNC(=O)N1CCN(c2ccccc2)CC1. The zero-order valence-corrected chi connectivity index (χ0v) is 11.6. The molecule has 0 atom stereocenters. The lowest BCUT2D eigenvalue weighted by atomic mass is 10.2. The van der Waals surface area contributed by atoms with Crippen molar-refractivity contribution in [3.8, 4) is 0 Å². The predicted molar refractivity (Wildman–Crippen MR) is 78.5 cm³/mol. The number of anilines is 1. The topological polar surface area (TPSA) is 35.6 Å². The van der Waals surface area contributed by atoms with Gasteiger partial charge in [0.1, 0.15) is 0 Å². The number of carbonyl (C=O) groups excluding carboxylic acids is 1. The Labute approximate surface area is 115 Å². The number of piperazine rings is 1. The summed E-state index contributed by atoms with van der Waals surface area (Å²) in [7, 11) is 0. The fourth-order valence-electron chi connectivity index (χ4n) is 2.29. The van der Waals surface area contributed by atoms with Crippen molar-refractivity contribution in [2.24, 2.45) is 0 Å². The fourth-order valence-corrected chi connectivity index (χ4v) is 2.29. The molecule has 1 aliphatic heterocycles. The monoisotopic (exact) mass is 261 g/mol. The van der Waals surface area contributed by atoms with Crippen LogP contribution in [0, 0.1) is 0 Å². The molecule has 2 rings (SSSR count). The fraction of sp³-hybridized carbons (Fsp3) is 0.533. The Hall–Kier alpha value is -1.71. The quantitative estimate of drug-likeness (QED) is 0.844. The van der Waals surface area contributed by atoms with Crippen LogP contribution in [0.5, 0.6) is 0 Å². The number of carbonyl (C=O) groups is 1. The van der Waals surface area contributed by atoms with Crippen LogP contribution in [-0.4, -0.2) is 43.7 Å². The normalized spacial score (nSPS) is 15.4. The van der Waals surface area contributed by atoms with Crippen molar-refractivity contribution in [1.82, 2.24) is 10.2 Å². The second-order valence-electron chi connectivity index (χ2n) is 4.90. The summed E-state index contributed by atoms with van der Waals surface area (Å²) in [6.07, 6.45) is 2.16. The highest BCUT2D eigenvalue weighted by Gasteiger charge is 2.20. The lowest BCUT2D eigenvalue weighted by molar-refractivity contribution is 0.194. The first-order valence-electron chi connectivity index (χ1n) is 7.14. The second-order valence-corrected chi connectivity index (χ2v) is 4.90. The molecule has 4 nitrogen and oxygen atoms in total. The Morgan fingerprint density at radius 2 is 1.84 bits per heavy atom. The third-order valence-corrected chi connectivity index (χ3v) is 3.49. The molecule has 0 aliphatic carbocycles. The summed E-state index contributed by atoms with van der Waals surface area (Å²) in [5.74, 6) is 0. The van der Waals surface area contributed by atoms with E-state index in [1.165, 1.54) is 5.69 Å². The molecule has 0 spiro atoms. The number of para-hydroxylation sites is 1. The molecule has 1 saturated heterocycles. The molecule has 4 heteroatoms. The van der Waals surface area contributed by atoms with Crippen LogP contribution in [0.3, 0.4) is 0 Å². The predicted octanol–water partition coefficient (Wildman–Crippen LogP) is 2.32. The van der Waals surface area contributed by atoms with Crippen LogP contribution in [0.1, 0.15) is 19.8 Å². The van der Waals surface area contributed by atoms with Gasteiger partial charge in [0.05, 0.1) is 0 Å². The first-order chi connectivity index (χ1) is 9.31. The van der Waals surface area contributed by atoms with Crippen molar-refractivity contribution in [2.45, 2.75) is 19.8 Å². The zero-order chi connectivity index (χ0) is 13.5. The van der Waals surface area contributed by atoms with Crippen LogP contribution in [0.25, 0.3) is 0 Å². The van der Waals surface area contributed by atoms with Crippen molar-refractivity contribution in [1.29, 1.82) is 0 Å². The number of hydrogen-bond donors (Lipinski definition) is 1. The maximum Gasteiger partial charge on any atom is 0.317 e. The molecule has 1 heterocycles. The average Bonchev–Trinajstić information content (AvgIpc) is 2.48. The Morgan fingerprint density at radius 3 is 2.47 bits per heavy atom. The van der Waals surface area contributed by atoms with E-state index in [0.29, 0.717) is 0 Å². The summed E-state index contributed by atoms with van der Waals surface area (Å²) in [6, 6.07) is 10.5. The highest BCUT2D eigenvalue weighted by atomic mass is 16.2. The van der Waals surface area contributed by atoms with Crippen LogP contribution >= 0.6 is 0 Å². The maximum absolute atomic E-state index is 11.9. The number of amides is 2. The van der Waals surface area contributed by atoms with E-state index in [2.05, 4.69) is 41.4 Å². The van der Waals surface area contributed by atoms with Crippen LogP contribution in [0.4, 0.5) is 10.5 Å². The molecule has 1 aromatic rings. The molecule has 1 N–H and O–H groups in total. The smallest absolute Gasteiger partial charge is 0.317 e.